The third-order valence-corrected chi connectivity index (χ3v) is 3.54. The maximum absolute atomic E-state index is 10.0. The van der Waals surface area contributed by atoms with E-state index in [1.165, 1.54) is 0 Å². The van der Waals surface area contributed by atoms with Crippen LogP contribution in [0.15, 0.2) is 41.1 Å². The molecule has 96 valence electrons. The van der Waals surface area contributed by atoms with Crippen LogP contribution in [0.1, 0.15) is 17.8 Å². The van der Waals surface area contributed by atoms with Crippen molar-refractivity contribution in [2.24, 2.45) is 7.05 Å². The predicted molar refractivity (Wildman–Crippen MR) is 75.4 cm³/mol. The summed E-state index contributed by atoms with van der Waals surface area (Å²) in [4.78, 5) is 4.25. The summed E-state index contributed by atoms with van der Waals surface area (Å²) in [6, 6.07) is 8.07. The number of benzene rings is 1. The fraction of sp³-hybridized carbons (Fsp3) is 0.357. The van der Waals surface area contributed by atoms with Crippen molar-refractivity contribution in [3.05, 3.63) is 52.5 Å². The monoisotopic (exact) mass is 308 g/mol. The summed E-state index contributed by atoms with van der Waals surface area (Å²) < 4.78 is 3.06. The molecule has 0 aliphatic carbocycles. The molecule has 2 aromatic rings. The molecule has 0 amide bonds. The first-order chi connectivity index (χ1) is 8.65. The molecule has 1 N–H and O–H groups in total. The average molecular weight is 309 g/mol. The van der Waals surface area contributed by atoms with E-state index in [0.717, 1.165) is 28.7 Å². The molecule has 4 heteroatoms. The lowest BCUT2D eigenvalue weighted by Gasteiger charge is -2.10. The SMILES string of the molecule is Cn1ccnc1CCC(O)Cc1ccc(Br)cc1. The van der Waals surface area contributed by atoms with Crippen LogP contribution in [0, 0.1) is 0 Å². The first-order valence-corrected chi connectivity index (χ1v) is 6.83. The molecule has 1 atom stereocenters. The van der Waals surface area contributed by atoms with Gasteiger partial charge in [-0.25, -0.2) is 4.98 Å². The van der Waals surface area contributed by atoms with Crippen molar-refractivity contribution in [3.63, 3.8) is 0 Å². The minimum atomic E-state index is -0.317. The molecule has 0 aliphatic heterocycles. The van der Waals surface area contributed by atoms with Gasteiger partial charge < -0.3 is 9.67 Å². The molecule has 3 nitrogen and oxygen atoms in total. The van der Waals surface area contributed by atoms with Crippen LogP contribution < -0.4 is 0 Å². The lowest BCUT2D eigenvalue weighted by Crippen LogP contribution is -2.13. The van der Waals surface area contributed by atoms with Gasteiger partial charge in [-0.1, -0.05) is 28.1 Å². The fourth-order valence-corrected chi connectivity index (χ4v) is 2.19. The number of nitrogens with zero attached hydrogens (tertiary/aromatic N) is 2. The number of halogens is 1. The second-order valence-corrected chi connectivity index (χ2v) is 5.39. The Morgan fingerprint density at radius 1 is 1.33 bits per heavy atom. The first kappa shape index (κ1) is 13.3. The normalized spacial score (nSPS) is 12.6. The summed E-state index contributed by atoms with van der Waals surface area (Å²) in [7, 11) is 1.98. The zero-order valence-corrected chi connectivity index (χ0v) is 12.0. The van der Waals surface area contributed by atoms with Crippen molar-refractivity contribution in [1.82, 2.24) is 9.55 Å². The Balaban J connectivity index is 1.83. The number of rotatable bonds is 5. The molecule has 0 aliphatic rings. The van der Waals surface area contributed by atoms with Crippen LogP contribution in [0.2, 0.25) is 0 Å². The average Bonchev–Trinajstić information content (AvgIpc) is 2.75. The summed E-state index contributed by atoms with van der Waals surface area (Å²) >= 11 is 3.40. The second kappa shape index (κ2) is 6.16. The van der Waals surface area contributed by atoms with E-state index >= 15 is 0 Å². The minimum absolute atomic E-state index is 0.317. The third kappa shape index (κ3) is 3.68. The summed E-state index contributed by atoms with van der Waals surface area (Å²) in [5, 5.41) is 10.0. The molecule has 0 spiro atoms. The fourth-order valence-electron chi connectivity index (χ4n) is 1.93. The van der Waals surface area contributed by atoms with E-state index in [1.807, 2.05) is 42.1 Å². The highest BCUT2D eigenvalue weighted by Crippen LogP contribution is 2.13. The Hall–Kier alpha value is -1.13. The maximum Gasteiger partial charge on any atom is 0.108 e. The molecule has 1 heterocycles. The number of imidazole rings is 1. The lowest BCUT2D eigenvalue weighted by atomic mass is 10.0. The Kier molecular flexibility index (Phi) is 4.55. The van der Waals surface area contributed by atoms with Gasteiger partial charge in [0, 0.05) is 30.3 Å². The molecule has 1 unspecified atom stereocenters. The molecule has 0 saturated heterocycles. The lowest BCUT2D eigenvalue weighted by molar-refractivity contribution is 0.164. The van der Waals surface area contributed by atoms with Gasteiger partial charge in [0.15, 0.2) is 0 Å². The highest BCUT2D eigenvalue weighted by molar-refractivity contribution is 9.10. The van der Waals surface area contributed by atoms with E-state index in [2.05, 4.69) is 20.9 Å². The van der Waals surface area contributed by atoms with Crippen LogP contribution >= 0.6 is 15.9 Å². The van der Waals surface area contributed by atoms with E-state index in [4.69, 9.17) is 0 Å². The van der Waals surface area contributed by atoms with Gasteiger partial charge in [0.1, 0.15) is 5.82 Å². The number of aromatic nitrogens is 2. The van der Waals surface area contributed by atoms with Gasteiger partial charge in [0.25, 0.3) is 0 Å². The molecular weight excluding hydrogens is 292 g/mol. The van der Waals surface area contributed by atoms with Gasteiger partial charge in [0.05, 0.1) is 6.10 Å². The molecule has 2 rings (SSSR count). The maximum atomic E-state index is 10.0. The van der Waals surface area contributed by atoms with Gasteiger partial charge in [-0.15, -0.1) is 0 Å². The predicted octanol–water partition coefficient (Wildman–Crippen LogP) is 2.72. The van der Waals surface area contributed by atoms with E-state index in [9.17, 15) is 5.11 Å². The zero-order valence-electron chi connectivity index (χ0n) is 10.4. The van der Waals surface area contributed by atoms with Gasteiger partial charge in [0.2, 0.25) is 0 Å². The van der Waals surface area contributed by atoms with Crippen molar-refractivity contribution in [1.29, 1.82) is 0 Å². The standard InChI is InChI=1S/C14H17BrN2O/c1-17-9-8-16-14(17)7-6-13(18)10-11-2-4-12(15)5-3-11/h2-5,8-9,13,18H,6-7,10H2,1H3. The smallest absolute Gasteiger partial charge is 0.108 e. The number of aliphatic hydroxyl groups is 1. The van der Waals surface area contributed by atoms with Crippen molar-refractivity contribution < 1.29 is 5.11 Å². The quantitative estimate of drug-likeness (QED) is 0.922. The van der Waals surface area contributed by atoms with Crippen molar-refractivity contribution >= 4 is 15.9 Å². The molecule has 1 aromatic carbocycles. The molecule has 0 fully saturated rings. The molecule has 0 radical (unpaired) electrons. The Morgan fingerprint density at radius 3 is 2.67 bits per heavy atom. The Bertz CT molecular complexity index is 493. The topological polar surface area (TPSA) is 38.0 Å². The number of aryl methyl sites for hydroxylation is 2. The first-order valence-electron chi connectivity index (χ1n) is 6.04. The number of hydrogen-bond acceptors (Lipinski definition) is 2. The Morgan fingerprint density at radius 2 is 2.06 bits per heavy atom. The zero-order chi connectivity index (χ0) is 13.0. The third-order valence-electron chi connectivity index (χ3n) is 3.01. The van der Waals surface area contributed by atoms with Gasteiger partial charge in [-0.2, -0.15) is 0 Å². The van der Waals surface area contributed by atoms with E-state index < -0.39 is 0 Å². The molecule has 0 saturated carbocycles. The minimum Gasteiger partial charge on any atom is -0.393 e. The van der Waals surface area contributed by atoms with Crippen LogP contribution in [0.25, 0.3) is 0 Å². The summed E-state index contributed by atoms with van der Waals surface area (Å²) in [5.74, 6) is 1.02. The summed E-state index contributed by atoms with van der Waals surface area (Å²) in [5.41, 5.74) is 1.16. The van der Waals surface area contributed by atoms with Gasteiger partial charge >= 0.3 is 0 Å². The van der Waals surface area contributed by atoms with Crippen LogP contribution in [0.4, 0.5) is 0 Å². The molecule has 1 aromatic heterocycles. The van der Waals surface area contributed by atoms with Crippen LogP contribution in [-0.4, -0.2) is 20.8 Å². The van der Waals surface area contributed by atoms with Crippen LogP contribution in [-0.2, 0) is 19.9 Å². The highest BCUT2D eigenvalue weighted by Gasteiger charge is 2.08. The number of hydrogen-bond donors (Lipinski definition) is 1. The van der Waals surface area contributed by atoms with Crippen LogP contribution in [0.5, 0.6) is 0 Å². The second-order valence-electron chi connectivity index (χ2n) is 4.48. The highest BCUT2D eigenvalue weighted by atomic mass is 79.9. The summed E-state index contributed by atoms with van der Waals surface area (Å²) in [6.45, 7) is 0. The van der Waals surface area contributed by atoms with Crippen molar-refractivity contribution in [2.75, 3.05) is 0 Å². The summed E-state index contributed by atoms with van der Waals surface area (Å²) in [6.07, 6.45) is 5.63. The Labute approximate surface area is 116 Å². The van der Waals surface area contributed by atoms with Gasteiger partial charge in [-0.05, 0) is 30.5 Å². The van der Waals surface area contributed by atoms with Crippen LogP contribution in [0.3, 0.4) is 0 Å². The molecule has 18 heavy (non-hydrogen) atoms. The molecular formula is C14H17BrN2O. The van der Waals surface area contributed by atoms with Crippen molar-refractivity contribution in [2.45, 2.75) is 25.4 Å². The van der Waals surface area contributed by atoms with E-state index in [-0.39, 0.29) is 6.10 Å². The largest absolute Gasteiger partial charge is 0.393 e. The van der Waals surface area contributed by atoms with E-state index in [0.29, 0.717) is 6.42 Å². The van der Waals surface area contributed by atoms with E-state index in [1.54, 1.807) is 6.20 Å². The molecule has 0 bridgehead atoms. The number of aliphatic hydroxyl groups excluding tert-OH is 1. The van der Waals surface area contributed by atoms with Crippen molar-refractivity contribution in [3.8, 4) is 0 Å². The van der Waals surface area contributed by atoms with Gasteiger partial charge in [-0.3, -0.25) is 0 Å².